The molecule has 31 heavy (non-hydrogen) atoms. The van der Waals surface area contributed by atoms with Crippen LogP contribution < -0.4 is 10.6 Å². The molecule has 0 spiro atoms. The molecule has 0 heterocycles. The number of hydrogen-bond donors (Lipinski definition) is 2. The van der Waals surface area contributed by atoms with Crippen LogP contribution in [0.25, 0.3) is 0 Å². The van der Waals surface area contributed by atoms with E-state index >= 15 is 0 Å². The van der Waals surface area contributed by atoms with Gasteiger partial charge < -0.3 is 24.8 Å². The fourth-order valence-electron chi connectivity index (χ4n) is 2.43. The van der Waals surface area contributed by atoms with Crippen molar-refractivity contribution in [3.05, 3.63) is 0 Å². The van der Waals surface area contributed by atoms with Gasteiger partial charge in [-0.1, -0.05) is 40.5 Å². The van der Waals surface area contributed by atoms with Crippen LogP contribution in [0.2, 0.25) is 0 Å². The van der Waals surface area contributed by atoms with E-state index in [4.69, 9.17) is 14.2 Å². The third kappa shape index (κ3) is 11.6. The van der Waals surface area contributed by atoms with Crippen molar-refractivity contribution >= 4 is 24.1 Å². The van der Waals surface area contributed by atoms with E-state index in [0.717, 1.165) is 0 Å². The average Bonchev–Trinajstić information content (AvgIpc) is 2.59. The maximum absolute atomic E-state index is 12.7. The Kier molecular flexibility index (Phi) is 11.0. The Hall–Kier alpha value is -2.32. The van der Waals surface area contributed by atoms with Crippen LogP contribution in [0, 0.1) is 11.8 Å². The molecule has 0 radical (unpaired) electrons. The van der Waals surface area contributed by atoms with E-state index in [1.807, 2.05) is 13.8 Å². The molecule has 4 atom stereocenters. The molecule has 0 aromatic carbocycles. The highest BCUT2D eigenvalue weighted by atomic mass is 16.6. The Balaban J connectivity index is 5.38. The number of amides is 2. The lowest BCUT2D eigenvalue weighted by molar-refractivity contribution is -0.164. The summed E-state index contributed by atoms with van der Waals surface area (Å²) in [6.07, 6.45) is -0.469. The predicted molar refractivity (Wildman–Crippen MR) is 116 cm³/mol. The van der Waals surface area contributed by atoms with Crippen molar-refractivity contribution in [3.63, 3.8) is 0 Å². The summed E-state index contributed by atoms with van der Waals surface area (Å²) in [4.78, 5) is 49.7. The van der Waals surface area contributed by atoms with Gasteiger partial charge in [0.15, 0.2) is 0 Å². The van der Waals surface area contributed by atoms with E-state index in [1.165, 1.54) is 0 Å². The first kappa shape index (κ1) is 28.7. The molecular weight excluding hydrogens is 404 g/mol. The molecule has 0 saturated carbocycles. The zero-order valence-electron chi connectivity index (χ0n) is 20.6. The lowest BCUT2D eigenvalue weighted by Gasteiger charge is -2.27. The van der Waals surface area contributed by atoms with Crippen molar-refractivity contribution in [1.29, 1.82) is 0 Å². The van der Waals surface area contributed by atoms with Gasteiger partial charge in [-0.25, -0.2) is 19.2 Å². The van der Waals surface area contributed by atoms with E-state index in [-0.39, 0.29) is 11.8 Å². The van der Waals surface area contributed by atoms with Gasteiger partial charge in [0, 0.05) is 0 Å². The second-order valence-electron chi connectivity index (χ2n) is 9.76. The molecule has 2 amide bonds. The molecule has 0 aromatic heterocycles. The molecule has 0 unspecified atom stereocenters. The highest BCUT2D eigenvalue weighted by molar-refractivity contribution is 5.93. The molecular formula is C22H40N2O7. The summed E-state index contributed by atoms with van der Waals surface area (Å²) in [6.45, 7) is 17.4. The van der Waals surface area contributed by atoms with Crippen LogP contribution in [0.1, 0.15) is 82.1 Å². The lowest BCUT2D eigenvalue weighted by Crippen LogP contribution is -2.51. The Morgan fingerprint density at radius 2 is 0.968 bits per heavy atom. The summed E-state index contributed by atoms with van der Waals surface area (Å²) in [7, 11) is 0. The molecule has 9 nitrogen and oxygen atoms in total. The first-order chi connectivity index (χ1) is 14.0. The lowest BCUT2D eigenvalue weighted by atomic mass is 9.98. The molecule has 0 aliphatic heterocycles. The van der Waals surface area contributed by atoms with Crippen molar-refractivity contribution in [2.24, 2.45) is 11.8 Å². The molecule has 0 aliphatic rings. The highest BCUT2D eigenvalue weighted by Crippen LogP contribution is 2.16. The third-order valence-electron chi connectivity index (χ3n) is 4.48. The van der Waals surface area contributed by atoms with E-state index in [9.17, 15) is 19.2 Å². The number of rotatable bonds is 8. The molecule has 0 saturated heterocycles. The Labute approximate surface area is 185 Å². The van der Waals surface area contributed by atoms with Crippen LogP contribution in [0.3, 0.4) is 0 Å². The van der Waals surface area contributed by atoms with Crippen LogP contribution in [0.5, 0.6) is 0 Å². The van der Waals surface area contributed by atoms with Gasteiger partial charge in [-0.15, -0.1) is 0 Å². The van der Waals surface area contributed by atoms with Crippen LogP contribution in [0.4, 0.5) is 9.59 Å². The number of ether oxygens (including phenoxy) is 3. The summed E-state index contributed by atoms with van der Waals surface area (Å²) < 4.78 is 15.5. The number of nitrogens with one attached hydrogen (secondary N) is 2. The van der Waals surface area contributed by atoms with E-state index < -0.39 is 47.4 Å². The van der Waals surface area contributed by atoms with Crippen molar-refractivity contribution in [3.8, 4) is 0 Å². The maximum Gasteiger partial charge on any atom is 0.408 e. The molecule has 0 rings (SSSR count). The van der Waals surface area contributed by atoms with E-state index in [0.29, 0.717) is 12.8 Å². The monoisotopic (exact) mass is 444 g/mol. The van der Waals surface area contributed by atoms with Crippen LogP contribution in [-0.4, -0.2) is 47.4 Å². The summed E-state index contributed by atoms with van der Waals surface area (Å²) in [6, 6.07) is -2.16. The Bertz CT molecular complexity index is 581. The molecule has 180 valence electrons. The maximum atomic E-state index is 12.7. The number of carbonyl (C=O) groups is 4. The van der Waals surface area contributed by atoms with Gasteiger partial charge >= 0.3 is 24.1 Å². The van der Waals surface area contributed by atoms with Crippen LogP contribution in [0.15, 0.2) is 0 Å². The van der Waals surface area contributed by atoms with Gasteiger partial charge in [-0.05, 0) is 53.4 Å². The summed E-state index contributed by atoms with van der Waals surface area (Å²) in [5, 5.41) is 4.97. The molecule has 0 fully saturated rings. The number of hydrogen-bond acceptors (Lipinski definition) is 7. The zero-order chi connectivity index (χ0) is 24.6. The fourth-order valence-corrected chi connectivity index (χ4v) is 2.43. The van der Waals surface area contributed by atoms with E-state index in [1.54, 1.807) is 55.4 Å². The molecule has 0 aliphatic carbocycles. The van der Waals surface area contributed by atoms with Crippen molar-refractivity contribution in [2.75, 3.05) is 0 Å². The van der Waals surface area contributed by atoms with Gasteiger partial charge in [-0.3, -0.25) is 0 Å². The molecule has 0 bridgehead atoms. The normalized spacial score (nSPS) is 15.7. The van der Waals surface area contributed by atoms with Crippen LogP contribution >= 0.6 is 0 Å². The van der Waals surface area contributed by atoms with E-state index in [2.05, 4.69) is 10.6 Å². The van der Waals surface area contributed by atoms with Crippen molar-refractivity contribution in [1.82, 2.24) is 10.6 Å². The zero-order valence-corrected chi connectivity index (χ0v) is 20.6. The number of alkyl carbamates (subject to hydrolysis) is 2. The van der Waals surface area contributed by atoms with Gasteiger partial charge in [0.05, 0.1) is 0 Å². The SMILES string of the molecule is CC[C@H](C)[C@H](NC(=O)OC(C)(C)C)C(=O)OC(=O)[C@@H](NC(=O)OC(C)(C)C)[C@@H](C)CC. The second kappa shape index (κ2) is 11.9. The topological polar surface area (TPSA) is 120 Å². The minimum atomic E-state index is -1.08. The largest absolute Gasteiger partial charge is 0.444 e. The minimum Gasteiger partial charge on any atom is -0.444 e. The predicted octanol–water partition coefficient (Wildman–Crippen LogP) is 3.94. The van der Waals surface area contributed by atoms with Gasteiger partial charge in [0.25, 0.3) is 0 Å². The summed E-state index contributed by atoms with van der Waals surface area (Å²) in [5.41, 5.74) is -1.49. The summed E-state index contributed by atoms with van der Waals surface area (Å²) >= 11 is 0. The quantitative estimate of drug-likeness (QED) is 0.330. The highest BCUT2D eigenvalue weighted by Gasteiger charge is 2.35. The minimum absolute atomic E-state index is 0.311. The standard InChI is InChI=1S/C22H40N2O7/c1-11-13(3)15(23-19(27)30-21(5,6)7)17(25)29-18(26)16(14(4)12-2)24-20(28)31-22(8,9)10/h13-16H,11-12H2,1-10H3,(H,23,27)(H,24,28)/t13-,14-,15-,16-/m0/s1. The Morgan fingerprint density at radius 1 is 0.677 bits per heavy atom. The number of carbonyl (C=O) groups excluding carboxylic acids is 4. The van der Waals surface area contributed by atoms with Gasteiger partial charge in [0.2, 0.25) is 0 Å². The second-order valence-corrected chi connectivity index (χ2v) is 9.76. The average molecular weight is 445 g/mol. The third-order valence-corrected chi connectivity index (χ3v) is 4.48. The first-order valence-corrected chi connectivity index (χ1v) is 10.7. The smallest absolute Gasteiger partial charge is 0.408 e. The Morgan fingerprint density at radius 3 is 1.19 bits per heavy atom. The van der Waals surface area contributed by atoms with Gasteiger partial charge in [0.1, 0.15) is 23.3 Å². The van der Waals surface area contributed by atoms with Crippen molar-refractivity contribution < 1.29 is 33.4 Å². The fraction of sp³-hybridized carbons (Fsp3) is 0.818. The summed E-state index contributed by atoms with van der Waals surface area (Å²) in [5.74, 6) is -2.45. The van der Waals surface area contributed by atoms with Crippen molar-refractivity contribution in [2.45, 2.75) is 105 Å². The molecule has 2 N–H and O–H groups in total. The number of esters is 2. The molecule has 0 aromatic rings. The first-order valence-electron chi connectivity index (χ1n) is 10.7. The molecule has 9 heteroatoms. The van der Waals surface area contributed by atoms with Crippen LogP contribution in [-0.2, 0) is 23.8 Å². The van der Waals surface area contributed by atoms with Gasteiger partial charge in [-0.2, -0.15) is 0 Å².